The maximum atomic E-state index is 12.1. The molecule has 3 nitrogen and oxygen atoms in total. The van der Waals surface area contributed by atoms with Gasteiger partial charge in [0.1, 0.15) is 0 Å². The number of amides is 1. The minimum Gasteiger partial charge on any atom is -0.355 e. The fourth-order valence-electron chi connectivity index (χ4n) is 3.08. The smallest absolute Gasteiger partial charge is 0.220 e. The van der Waals surface area contributed by atoms with Crippen LogP contribution in [-0.2, 0) is 4.79 Å². The van der Waals surface area contributed by atoms with E-state index >= 15 is 0 Å². The summed E-state index contributed by atoms with van der Waals surface area (Å²) in [4.78, 5) is 13.4. The topological polar surface area (TPSA) is 55.1 Å². The molecule has 0 aromatic heterocycles. The average molecular weight is 304 g/mol. The van der Waals surface area contributed by atoms with E-state index in [1.165, 1.54) is 24.2 Å². The molecule has 2 saturated carbocycles. The number of benzene rings is 1. The average Bonchev–Trinajstić information content (AvgIpc) is 3.14. The Morgan fingerprint density at radius 3 is 2.67 bits per heavy atom. The number of carbonyl (C=O) groups excluding carboxylic acids is 1. The van der Waals surface area contributed by atoms with Crippen LogP contribution in [0.4, 0.5) is 0 Å². The van der Waals surface area contributed by atoms with Gasteiger partial charge in [-0.2, -0.15) is 0 Å². The summed E-state index contributed by atoms with van der Waals surface area (Å²) in [6.07, 6.45) is 6.34. The lowest BCUT2D eigenvalue weighted by Gasteiger charge is -2.18. The van der Waals surface area contributed by atoms with Crippen molar-refractivity contribution in [3.8, 4) is 0 Å². The van der Waals surface area contributed by atoms with Crippen molar-refractivity contribution in [3.63, 3.8) is 0 Å². The van der Waals surface area contributed by atoms with Crippen LogP contribution in [0.5, 0.6) is 0 Å². The van der Waals surface area contributed by atoms with Gasteiger partial charge in [-0.3, -0.25) is 4.79 Å². The first kappa shape index (κ1) is 14.9. The van der Waals surface area contributed by atoms with Gasteiger partial charge in [-0.15, -0.1) is 11.8 Å². The molecule has 2 aliphatic carbocycles. The van der Waals surface area contributed by atoms with Gasteiger partial charge in [0.25, 0.3) is 0 Å². The molecular formula is C17H24N2OS. The zero-order chi connectivity index (χ0) is 14.7. The van der Waals surface area contributed by atoms with E-state index in [0.29, 0.717) is 12.3 Å². The molecule has 1 aromatic carbocycles. The highest BCUT2D eigenvalue weighted by Gasteiger charge is 2.44. The minimum absolute atomic E-state index is 0.178. The summed E-state index contributed by atoms with van der Waals surface area (Å²) >= 11 is 1.90. The largest absolute Gasteiger partial charge is 0.355 e. The van der Waals surface area contributed by atoms with Gasteiger partial charge in [-0.1, -0.05) is 24.6 Å². The quantitative estimate of drug-likeness (QED) is 0.849. The number of nitrogens with two attached hydrogens (primary N) is 1. The highest BCUT2D eigenvalue weighted by atomic mass is 32.2. The van der Waals surface area contributed by atoms with Gasteiger partial charge in [0.2, 0.25) is 5.91 Å². The van der Waals surface area contributed by atoms with E-state index in [9.17, 15) is 4.79 Å². The van der Waals surface area contributed by atoms with E-state index in [4.69, 9.17) is 5.73 Å². The Labute approximate surface area is 131 Å². The molecule has 4 heteroatoms. The summed E-state index contributed by atoms with van der Waals surface area (Å²) in [6.45, 7) is 0.785. The van der Waals surface area contributed by atoms with Crippen LogP contribution in [0.3, 0.4) is 0 Å². The Balaban J connectivity index is 1.45. The lowest BCUT2D eigenvalue weighted by Crippen LogP contribution is -2.35. The predicted octanol–water partition coefficient (Wildman–Crippen LogP) is 2.95. The van der Waals surface area contributed by atoms with Crippen LogP contribution in [-0.4, -0.2) is 23.2 Å². The third kappa shape index (κ3) is 4.01. The molecule has 0 bridgehead atoms. The maximum absolute atomic E-state index is 12.1. The van der Waals surface area contributed by atoms with Crippen molar-refractivity contribution in [1.82, 2.24) is 5.32 Å². The fraction of sp³-hybridized carbons (Fsp3) is 0.588. The van der Waals surface area contributed by atoms with Crippen molar-refractivity contribution < 1.29 is 4.79 Å². The van der Waals surface area contributed by atoms with E-state index in [-0.39, 0.29) is 16.7 Å². The number of hydrogen-bond acceptors (Lipinski definition) is 3. The van der Waals surface area contributed by atoms with Gasteiger partial charge >= 0.3 is 0 Å². The molecule has 2 aliphatic rings. The predicted molar refractivity (Wildman–Crippen MR) is 87.2 cm³/mol. The number of carbonyl (C=O) groups is 1. The van der Waals surface area contributed by atoms with E-state index in [1.807, 2.05) is 17.8 Å². The lowest BCUT2D eigenvalue weighted by atomic mass is 10.00. The van der Waals surface area contributed by atoms with Crippen LogP contribution in [0.15, 0.2) is 35.2 Å². The van der Waals surface area contributed by atoms with Crippen molar-refractivity contribution in [2.45, 2.75) is 54.2 Å². The van der Waals surface area contributed by atoms with Crippen molar-refractivity contribution in [2.24, 2.45) is 11.7 Å². The Morgan fingerprint density at radius 1 is 1.29 bits per heavy atom. The minimum atomic E-state index is 0.178. The molecule has 0 spiro atoms. The second-order valence-electron chi connectivity index (χ2n) is 6.43. The molecule has 21 heavy (non-hydrogen) atoms. The Morgan fingerprint density at radius 2 is 2.05 bits per heavy atom. The molecule has 0 heterocycles. The fourth-order valence-corrected chi connectivity index (χ4v) is 4.33. The number of hydrogen-bond donors (Lipinski definition) is 2. The molecule has 0 unspecified atom stereocenters. The summed E-state index contributed by atoms with van der Waals surface area (Å²) in [7, 11) is 0. The van der Waals surface area contributed by atoms with Crippen LogP contribution in [0, 0.1) is 5.92 Å². The Kier molecular flexibility index (Phi) is 4.55. The highest BCUT2D eigenvalue weighted by molar-refractivity contribution is 8.01. The van der Waals surface area contributed by atoms with Gasteiger partial charge in [-0.05, 0) is 43.7 Å². The van der Waals surface area contributed by atoms with Gasteiger partial charge in [-0.25, -0.2) is 0 Å². The van der Waals surface area contributed by atoms with Gasteiger partial charge in [0, 0.05) is 28.6 Å². The zero-order valence-electron chi connectivity index (χ0n) is 12.4. The van der Waals surface area contributed by atoms with Crippen molar-refractivity contribution in [2.75, 3.05) is 6.54 Å². The van der Waals surface area contributed by atoms with E-state index in [1.54, 1.807) is 0 Å². The summed E-state index contributed by atoms with van der Waals surface area (Å²) < 4.78 is 0.231. The molecule has 0 radical (unpaired) electrons. The van der Waals surface area contributed by atoms with E-state index < -0.39 is 0 Å². The number of nitrogens with one attached hydrogen (secondary N) is 1. The highest BCUT2D eigenvalue weighted by Crippen LogP contribution is 2.51. The maximum Gasteiger partial charge on any atom is 0.220 e. The van der Waals surface area contributed by atoms with Crippen molar-refractivity contribution in [1.29, 1.82) is 0 Å². The molecule has 2 fully saturated rings. The molecular weight excluding hydrogens is 280 g/mol. The standard InChI is InChI=1S/C17H24N2OS/c18-15-8-4-5-13(15)11-16(20)19-12-17(9-10-17)21-14-6-2-1-3-7-14/h1-3,6-7,13,15H,4-5,8-12,18H2,(H,19,20)/t13-,15+/m0/s1. The first-order chi connectivity index (χ1) is 10.2. The van der Waals surface area contributed by atoms with Crippen LogP contribution in [0.1, 0.15) is 38.5 Å². The molecule has 0 saturated heterocycles. The summed E-state index contributed by atoms with van der Waals surface area (Å²) in [5.41, 5.74) is 6.04. The van der Waals surface area contributed by atoms with Crippen LogP contribution in [0.25, 0.3) is 0 Å². The van der Waals surface area contributed by atoms with E-state index in [2.05, 4.69) is 29.6 Å². The summed E-state index contributed by atoms with van der Waals surface area (Å²) in [5, 5.41) is 3.14. The molecule has 1 amide bonds. The van der Waals surface area contributed by atoms with Crippen LogP contribution in [0.2, 0.25) is 0 Å². The third-order valence-electron chi connectivity index (χ3n) is 4.66. The van der Waals surface area contributed by atoms with Gasteiger partial charge < -0.3 is 11.1 Å². The summed E-state index contributed by atoms with van der Waals surface area (Å²) in [6, 6.07) is 10.7. The first-order valence-corrected chi connectivity index (χ1v) is 8.75. The Hall–Kier alpha value is -1.00. The molecule has 0 aliphatic heterocycles. The molecule has 1 aromatic rings. The third-order valence-corrected chi connectivity index (χ3v) is 6.15. The second kappa shape index (κ2) is 6.41. The Bertz CT molecular complexity index is 487. The monoisotopic (exact) mass is 304 g/mol. The van der Waals surface area contributed by atoms with Gasteiger partial charge in [0.15, 0.2) is 0 Å². The lowest BCUT2D eigenvalue weighted by molar-refractivity contribution is -0.122. The zero-order valence-corrected chi connectivity index (χ0v) is 13.2. The number of rotatable bonds is 6. The van der Waals surface area contributed by atoms with Crippen molar-refractivity contribution in [3.05, 3.63) is 30.3 Å². The second-order valence-corrected chi connectivity index (χ2v) is 7.98. The molecule has 3 N–H and O–H groups in total. The van der Waals surface area contributed by atoms with Crippen LogP contribution < -0.4 is 11.1 Å². The summed E-state index contributed by atoms with van der Waals surface area (Å²) in [5.74, 6) is 0.569. The number of thioether (sulfide) groups is 1. The SMILES string of the molecule is N[C@@H]1CCC[C@H]1CC(=O)NCC1(Sc2ccccc2)CC1. The van der Waals surface area contributed by atoms with Crippen molar-refractivity contribution >= 4 is 17.7 Å². The first-order valence-electron chi connectivity index (χ1n) is 7.93. The normalized spacial score (nSPS) is 26.5. The van der Waals surface area contributed by atoms with Crippen LogP contribution >= 0.6 is 11.8 Å². The molecule has 2 atom stereocenters. The van der Waals surface area contributed by atoms with Gasteiger partial charge in [0.05, 0.1) is 0 Å². The molecule has 3 rings (SSSR count). The van der Waals surface area contributed by atoms with E-state index in [0.717, 1.165) is 19.4 Å². The molecule has 114 valence electrons.